The van der Waals surface area contributed by atoms with Crippen LogP contribution in [0.2, 0.25) is 0 Å². The van der Waals surface area contributed by atoms with Gasteiger partial charge in [0, 0.05) is 32.2 Å². The number of nitrogens with zero attached hydrogens (tertiary/aromatic N) is 1. The van der Waals surface area contributed by atoms with E-state index >= 15 is 0 Å². The van der Waals surface area contributed by atoms with Gasteiger partial charge in [0.15, 0.2) is 11.5 Å². The van der Waals surface area contributed by atoms with Gasteiger partial charge >= 0.3 is 0 Å². The van der Waals surface area contributed by atoms with Gasteiger partial charge in [0.05, 0.1) is 6.54 Å². The molecule has 1 aromatic carbocycles. The van der Waals surface area contributed by atoms with Crippen LogP contribution in [0, 0.1) is 0 Å². The highest BCUT2D eigenvalue weighted by Gasteiger charge is 2.20. The molecule has 1 fully saturated rings. The fraction of sp³-hybridized carbons (Fsp3) is 0.533. The van der Waals surface area contributed by atoms with E-state index in [0.29, 0.717) is 19.1 Å². The van der Waals surface area contributed by atoms with E-state index in [0.717, 1.165) is 36.7 Å². The van der Waals surface area contributed by atoms with Gasteiger partial charge in [-0.05, 0) is 24.6 Å². The lowest BCUT2D eigenvalue weighted by molar-refractivity contribution is -0.123. The number of benzene rings is 1. The van der Waals surface area contributed by atoms with E-state index < -0.39 is 0 Å². The summed E-state index contributed by atoms with van der Waals surface area (Å²) in [7, 11) is 0. The second kappa shape index (κ2) is 6.32. The predicted molar refractivity (Wildman–Crippen MR) is 78.3 cm³/mol. The summed E-state index contributed by atoms with van der Waals surface area (Å²) in [6.07, 6.45) is 0. The van der Waals surface area contributed by atoms with Crippen molar-refractivity contribution in [2.45, 2.75) is 19.5 Å². The molecule has 1 amide bonds. The third-order valence-electron chi connectivity index (χ3n) is 3.91. The summed E-state index contributed by atoms with van der Waals surface area (Å²) in [5, 5.41) is 6.28. The third-order valence-corrected chi connectivity index (χ3v) is 3.91. The van der Waals surface area contributed by atoms with Crippen molar-refractivity contribution in [3.05, 3.63) is 23.8 Å². The summed E-state index contributed by atoms with van der Waals surface area (Å²) in [6.45, 7) is 6.17. The predicted octanol–water partition coefficient (Wildman–Crippen LogP) is 0.325. The number of ether oxygens (including phenoxy) is 2. The standard InChI is InChI=1S/C15H21N3O3/c1-11-7-16-4-5-18(11)9-15(19)17-8-12-2-3-13-14(6-12)21-10-20-13/h2-3,6,11,16H,4-5,7-10H2,1H3,(H,17,19)/t11-/m0/s1. The van der Waals surface area contributed by atoms with E-state index in [9.17, 15) is 4.79 Å². The van der Waals surface area contributed by atoms with E-state index in [1.54, 1.807) is 0 Å². The lowest BCUT2D eigenvalue weighted by atomic mass is 10.2. The van der Waals surface area contributed by atoms with Crippen molar-refractivity contribution < 1.29 is 14.3 Å². The Kier molecular flexibility index (Phi) is 4.26. The van der Waals surface area contributed by atoms with Crippen LogP contribution in [0.15, 0.2) is 18.2 Å². The van der Waals surface area contributed by atoms with Gasteiger partial charge in [0.25, 0.3) is 0 Å². The van der Waals surface area contributed by atoms with Gasteiger partial charge in [-0.3, -0.25) is 9.69 Å². The molecule has 2 aliphatic rings. The minimum Gasteiger partial charge on any atom is -0.454 e. The minimum absolute atomic E-state index is 0.0569. The molecule has 2 aliphatic heterocycles. The average Bonchev–Trinajstić information content (AvgIpc) is 2.95. The molecule has 1 saturated heterocycles. The maximum Gasteiger partial charge on any atom is 0.234 e. The molecule has 1 aromatic rings. The van der Waals surface area contributed by atoms with Crippen molar-refractivity contribution in [3.63, 3.8) is 0 Å². The minimum atomic E-state index is 0.0569. The van der Waals surface area contributed by atoms with Crippen molar-refractivity contribution in [2.24, 2.45) is 0 Å². The molecule has 2 N–H and O–H groups in total. The van der Waals surface area contributed by atoms with Crippen LogP contribution in [-0.2, 0) is 11.3 Å². The highest BCUT2D eigenvalue weighted by Crippen LogP contribution is 2.32. The van der Waals surface area contributed by atoms with Gasteiger partial charge in [-0.1, -0.05) is 6.07 Å². The van der Waals surface area contributed by atoms with Crippen LogP contribution in [-0.4, -0.2) is 49.8 Å². The SMILES string of the molecule is C[C@H]1CNCCN1CC(=O)NCc1ccc2c(c1)OCO2. The molecule has 0 aromatic heterocycles. The molecule has 3 rings (SSSR count). The maximum atomic E-state index is 12.0. The normalized spacial score (nSPS) is 21.3. The number of piperazine rings is 1. The van der Waals surface area contributed by atoms with Crippen LogP contribution in [0.1, 0.15) is 12.5 Å². The van der Waals surface area contributed by atoms with Crippen LogP contribution >= 0.6 is 0 Å². The Morgan fingerprint density at radius 3 is 3.14 bits per heavy atom. The molecule has 0 radical (unpaired) electrons. The van der Waals surface area contributed by atoms with Gasteiger partial charge in [0.2, 0.25) is 12.7 Å². The van der Waals surface area contributed by atoms with Crippen LogP contribution in [0.4, 0.5) is 0 Å². The van der Waals surface area contributed by atoms with Crippen LogP contribution in [0.5, 0.6) is 11.5 Å². The zero-order chi connectivity index (χ0) is 14.7. The molecule has 6 heteroatoms. The van der Waals surface area contributed by atoms with E-state index in [1.807, 2.05) is 18.2 Å². The number of amides is 1. The lowest BCUT2D eigenvalue weighted by Crippen LogP contribution is -2.52. The van der Waals surface area contributed by atoms with Crippen molar-refractivity contribution >= 4 is 5.91 Å². The summed E-state index contributed by atoms with van der Waals surface area (Å²) in [4.78, 5) is 14.2. The van der Waals surface area contributed by atoms with Crippen LogP contribution in [0.3, 0.4) is 0 Å². The topological polar surface area (TPSA) is 62.8 Å². The Labute approximate surface area is 124 Å². The lowest BCUT2D eigenvalue weighted by Gasteiger charge is -2.33. The first-order valence-corrected chi connectivity index (χ1v) is 7.32. The van der Waals surface area contributed by atoms with Crippen molar-refractivity contribution in [1.82, 2.24) is 15.5 Å². The number of hydrogen-bond donors (Lipinski definition) is 2. The van der Waals surface area contributed by atoms with Crippen LogP contribution < -0.4 is 20.1 Å². The maximum absolute atomic E-state index is 12.0. The number of hydrogen-bond acceptors (Lipinski definition) is 5. The van der Waals surface area contributed by atoms with Gasteiger partial charge in [-0.25, -0.2) is 0 Å². The molecule has 1 atom stereocenters. The fourth-order valence-electron chi connectivity index (χ4n) is 2.61. The van der Waals surface area contributed by atoms with Gasteiger partial charge < -0.3 is 20.1 Å². The smallest absolute Gasteiger partial charge is 0.234 e. The molecule has 114 valence electrons. The van der Waals surface area contributed by atoms with Gasteiger partial charge in [-0.2, -0.15) is 0 Å². The van der Waals surface area contributed by atoms with E-state index in [2.05, 4.69) is 22.5 Å². The van der Waals surface area contributed by atoms with Crippen molar-refractivity contribution in [1.29, 1.82) is 0 Å². The Hall–Kier alpha value is -1.79. The highest BCUT2D eigenvalue weighted by molar-refractivity contribution is 5.78. The second-order valence-corrected chi connectivity index (χ2v) is 5.49. The third kappa shape index (κ3) is 3.46. The summed E-state index contributed by atoms with van der Waals surface area (Å²) in [5.41, 5.74) is 1.01. The average molecular weight is 291 g/mol. The summed E-state index contributed by atoms with van der Waals surface area (Å²) in [6, 6.07) is 6.13. The summed E-state index contributed by atoms with van der Waals surface area (Å²) in [5.74, 6) is 1.57. The molecule has 2 heterocycles. The number of rotatable bonds is 4. The Bertz CT molecular complexity index is 521. The number of carbonyl (C=O) groups is 1. The van der Waals surface area contributed by atoms with Crippen molar-refractivity contribution in [3.8, 4) is 11.5 Å². The highest BCUT2D eigenvalue weighted by atomic mass is 16.7. The van der Waals surface area contributed by atoms with Gasteiger partial charge in [0.1, 0.15) is 0 Å². The zero-order valence-corrected chi connectivity index (χ0v) is 12.2. The number of carbonyl (C=O) groups excluding carboxylic acids is 1. The molecule has 0 aliphatic carbocycles. The summed E-state index contributed by atoms with van der Waals surface area (Å²) < 4.78 is 10.6. The van der Waals surface area contributed by atoms with Gasteiger partial charge in [-0.15, -0.1) is 0 Å². The first-order valence-electron chi connectivity index (χ1n) is 7.32. The monoisotopic (exact) mass is 291 g/mol. The number of fused-ring (bicyclic) bond motifs is 1. The Morgan fingerprint density at radius 1 is 1.43 bits per heavy atom. The molecule has 21 heavy (non-hydrogen) atoms. The number of nitrogens with one attached hydrogen (secondary N) is 2. The fourth-order valence-corrected chi connectivity index (χ4v) is 2.61. The Morgan fingerprint density at radius 2 is 2.29 bits per heavy atom. The summed E-state index contributed by atoms with van der Waals surface area (Å²) >= 11 is 0. The first kappa shape index (κ1) is 14.2. The molecule has 0 bridgehead atoms. The van der Waals surface area contributed by atoms with E-state index in [1.165, 1.54) is 0 Å². The molecular formula is C15H21N3O3. The molecule has 0 saturated carbocycles. The molecule has 6 nitrogen and oxygen atoms in total. The Balaban J connectivity index is 1.49. The van der Waals surface area contributed by atoms with Crippen LogP contribution in [0.25, 0.3) is 0 Å². The largest absolute Gasteiger partial charge is 0.454 e. The first-order chi connectivity index (χ1) is 10.2. The zero-order valence-electron chi connectivity index (χ0n) is 12.2. The molecule has 0 spiro atoms. The molecule has 0 unspecified atom stereocenters. The quantitative estimate of drug-likeness (QED) is 0.837. The second-order valence-electron chi connectivity index (χ2n) is 5.49. The van der Waals surface area contributed by atoms with E-state index in [4.69, 9.17) is 9.47 Å². The van der Waals surface area contributed by atoms with Crippen molar-refractivity contribution in [2.75, 3.05) is 33.0 Å². The molecular weight excluding hydrogens is 270 g/mol. The van der Waals surface area contributed by atoms with E-state index in [-0.39, 0.29) is 12.7 Å².